The third kappa shape index (κ3) is 3.34. The molecule has 2 rings (SSSR count). The van der Waals surface area contributed by atoms with Gasteiger partial charge in [0, 0.05) is 0 Å². The molecule has 0 aromatic heterocycles. The zero-order chi connectivity index (χ0) is 15.9. The standard InChI is InChI=1S/C18H20O4/c1-19-15-6-5-7-16(20-2)14(15)10-8-13-9-11-17(21-3)18(12-13)22-4/h5-12H,1-4H3. The van der Waals surface area contributed by atoms with Gasteiger partial charge < -0.3 is 18.9 Å². The summed E-state index contributed by atoms with van der Waals surface area (Å²) >= 11 is 0. The van der Waals surface area contributed by atoms with Crippen molar-refractivity contribution >= 4 is 12.2 Å². The third-order valence-electron chi connectivity index (χ3n) is 3.32. The maximum atomic E-state index is 5.38. The Labute approximate surface area is 130 Å². The minimum atomic E-state index is 0.691. The van der Waals surface area contributed by atoms with E-state index in [9.17, 15) is 0 Å². The number of hydrogen-bond donors (Lipinski definition) is 0. The van der Waals surface area contributed by atoms with Crippen LogP contribution in [0.1, 0.15) is 11.1 Å². The Morgan fingerprint density at radius 2 is 1.23 bits per heavy atom. The van der Waals surface area contributed by atoms with E-state index in [1.807, 2.05) is 48.6 Å². The lowest BCUT2D eigenvalue weighted by Gasteiger charge is -2.10. The third-order valence-corrected chi connectivity index (χ3v) is 3.32. The van der Waals surface area contributed by atoms with E-state index in [-0.39, 0.29) is 0 Å². The Morgan fingerprint density at radius 3 is 1.77 bits per heavy atom. The van der Waals surface area contributed by atoms with Crippen LogP contribution in [-0.2, 0) is 0 Å². The zero-order valence-electron chi connectivity index (χ0n) is 13.3. The molecule has 0 radical (unpaired) electrons. The van der Waals surface area contributed by atoms with E-state index < -0.39 is 0 Å². The molecule has 4 heteroatoms. The largest absolute Gasteiger partial charge is 0.496 e. The monoisotopic (exact) mass is 300 g/mol. The first-order valence-electron chi connectivity index (χ1n) is 6.84. The molecule has 0 atom stereocenters. The van der Waals surface area contributed by atoms with Gasteiger partial charge in [-0.3, -0.25) is 0 Å². The second kappa shape index (κ2) is 7.41. The van der Waals surface area contributed by atoms with Gasteiger partial charge in [-0.05, 0) is 35.9 Å². The average Bonchev–Trinajstić information content (AvgIpc) is 2.59. The summed E-state index contributed by atoms with van der Waals surface area (Å²) in [5.41, 5.74) is 1.88. The molecule has 0 bridgehead atoms. The molecular weight excluding hydrogens is 280 g/mol. The average molecular weight is 300 g/mol. The number of ether oxygens (including phenoxy) is 4. The highest BCUT2D eigenvalue weighted by molar-refractivity contribution is 5.76. The maximum absolute atomic E-state index is 5.38. The van der Waals surface area contributed by atoms with Crippen LogP contribution < -0.4 is 18.9 Å². The molecule has 0 aliphatic rings. The molecule has 0 saturated heterocycles. The molecule has 4 nitrogen and oxygen atoms in total. The minimum absolute atomic E-state index is 0.691. The van der Waals surface area contributed by atoms with Crippen LogP contribution in [0.2, 0.25) is 0 Å². The van der Waals surface area contributed by atoms with Crippen molar-refractivity contribution < 1.29 is 18.9 Å². The first kappa shape index (κ1) is 15.8. The number of hydrogen-bond acceptors (Lipinski definition) is 4. The van der Waals surface area contributed by atoms with Crippen molar-refractivity contribution in [3.05, 3.63) is 47.5 Å². The molecule has 0 saturated carbocycles. The topological polar surface area (TPSA) is 36.9 Å². The van der Waals surface area contributed by atoms with Gasteiger partial charge in [-0.1, -0.05) is 18.2 Å². The summed E-state index contributed by atoms with van der Waals surface area (Å²) in [6.07, 6.45) is 3.93. The lowest BCUT2D eigenvalue weighted by Crippen LogP contribution is -1.92. The zero-order valence-corrected chi connectivity index (χ0v) is 13.3. The highest BCUT2D eigenvalue weighted by Gasteiger charge is 2.07. The van der Waals surface area contributed by atoms with Crippen molar-refractivity contribution in [2.45, 2.75) is 0 Å². The van der Waals surface area contributed by atoms with Gasteiger partial charge in [-0.2, -0.15) is 0 Å². The highest BCUT2D eigenvalue weighted by Crippen LogP contribution is 2.32. The Morgan fingerprint density at radius 1 is 0.636 bits per heavy atom. The smallest absolute Gasteiger partial charge is 0.161 e. The summed E-state index contributed by atoms with van der Waals surface area (Å²) in [6.45, 7) is 0. The first-order chi connectivity index (χ1) is 10.7. The van der Waals surface area contributed by atoms with Gasteiger partial charge in [0.25, 0.3) is 0 Å². The minimum Gasteiger partial charge on any atom is -0.496 e. The second-order valence-corrected chi connectivity index (χ2v) is 4.52. The van der Waals surface area contributed by atoms with Crippen LogP contribution in [0.4, 0.5) is 0 Å². The summed E-state index contributed by atoms with van der Waals surface area (Å²) in [5, 5.41) is 0. The summed E-state index contributed by atoms with van der Waals surface area (Å²) < 4.78 is 21.3. The SMILES string of the molecule is COc1ccc(C=Cc2c(OC)cccc2OC)cc1OC. The lowest BCUT2D eigenvalue weighted by atomic mass is 10.1. The molecule has 0 spiro atoms. The van der Waals surface area contributed by atoms with Crippen LogP contribution in [0, 0.1) is 0 Å². The molecule has 2 aromatic rings. The van der Waals surface area contributed by atoms with Crippen LogP contribution in [0.15, 0.2) is 36.4 Å². The number of rotatable bonds is 6. The van der Waals surface area contributed by atoms with Gasteiger partial charge in [0.15, 0.2) is 11.5 Å². The Bertz CT molecular complexity index is 640. The van der Waals surface area contributed by atoms with Gasteiger partial charge in [0.2, 0.25) is 0 Å². The summed E-state index contributed by atoms with van der Waals surface area (Å²) in [7, 11) is 6.52. The van der Waals surface area contributed by atoms with Gasteiger partial charge in [0.1, 0.15) is 11.5 Å². The van der Waals surface area contributed by atoms with Crippen LogP contribution in [0.3, 0.4) is 0 Å². The van der Waals surface area contributed by atoms with Crippen molar-refractivity contribution in [3.63, 3.8) is 0 Å². The fraction of sp³-hybridized carbons (Fsp3) is 0.222. The molecule has 0 fully saturated rings. The fourth-order valence-corrected chi connectivity index (χ4v) is 2.18. The molecule has 0 heterocycles. The molecule has 0 unspecified atom stereocenters. The predicted molar refractivity (Wildman–Crippen MR) is 88.0 cm³/mol. The number of benzene rings is 2. The van der Waals surface area contributed by atoms with Crippen molar-refractivity contribution in [1.82, 2.24) is 0 Å². The van der Waals surface area contributed by atoms with Crippen LogP contribution in [-0.4, -0.2) is 28.4 Å². The quantitative estimate of drug-likeness (QED) is 0.758. The molecule has 0 amide bonds. The summed E-state index contributed by atoms with van der Waals surface area (Å²) in [4.78, 5) is 0. The Kier molecular flexibility index (Phi) is 5.31. The molecule has 2 aromatic carbocycles. The molecule has 22 heavy (non-hydrogen) atoms. The van der Waals surface area contributed by atoms with Gasteiger partial charge in [0.05, 0.1) is 34.0 Å². The van der Waals surface area contributed by atoms with E-state index >= 15 is 0 Å². The normalized spacial score (nSPS) is 10.5. The van der Waals surface area contributed by atoms with E-state index in [0.29, 0.717) is 11.5 Å². The van der Waals surface area contributed by atoms with E-state index in [4.69, 9.17) is 18.9 Å². The number of methoxy groups -OCH3 is 4. The summed E-state index contributed by atoms with van der Waals surface area (Å²) in [5.74, 6) is 2.92. The Hall–Kier alpha value is -2.62. The molecule has 116 valence electrons. The van der Waals surface area contributed by atoms with Crippen molar-refractivity contribution in [1.29, 1.82) is 0 Å². The maximum Gasteiger partial charge on any atom is 0.161 e. The van der Waals surface area contributed by atoms with E-state index in [1.54, 1.807) is 28.4 Å². The van der Waals surface area contributed by atoms with Crippen LogP contribution in [0.5, 0.6) is 23.0 Å². The van der Waals surface area contributed by atoms with Crippen molar-refractivity contribution in [2.24, 2.45) is 0 Å². The molecule has 0 aliphatic heterocycles. The highest BCUT2D eigenvalue weighted by atomic mass is 16.5. The van der Waals surface area contributed by atoms with Gasteiger partial charge in [-0.25, -0.2) is 0 Å². The van der Waals surface area contributed by atoms with Gasteiger partial charge in [-0.15, -0.1) is 0 Å². The predicted octanol–water partition coefficient (Wildman–Crippen LogP) is 3.89. The van der Waals surface area contributed by atoms with Crippen molar-refractivity contribution in [2.75, 3.05) is 28.4 Å². The van der Waals surface area contributed by atoms with Crippen LogP contribution in [0.25, 0.3) is 12.2 Å². The van der Waals surface area contributed by atoms with E-state index in [0.717, 1.165) is 22.6 Å². The van der Waals surface area contributed by atoms with E-state index in [2.05, 4.69) is 0 Å². The van der Waals surface area contributed by atoms with Gasteiger partial charge >= 0.3 is 0 Å². The molecular formula is C18H20O4. The van der Waals surface area contributed by atoms with E-state index in [1.165, 1.54) is 0 Å². The second-order valence-electron chi connectivity index (χ2n) is 4.52. The van der Waals surface area contributed by atoms with Crippen LogP contribution >= 0.6 is 0 Å². The lowest BCUT2D eigenvalue weighted by molar-refractivity contribution is 0.355. The molecule has 0 N–H and O–H groups in total. The van der Waals surface area contributed by atoms with Crippen molar-refractivity contribution in [3.8, 4) is 23.0 Å². The Balaban J connectivity index is 2.36. The summed E-state index contributed by atoms with van der Waals surface area (Å²) in [6, 6.07) is 11.4. The molecule has 0 aliphatic carbocycles. The first-order valence-corrected chi connectivity index (χ1v) is 6.84. The fourth-order valence-electron chi connectivity index (χ4n) is 2.18.